The van der Waals surface area contributed by atoms with Gasteiger partial charge in [-0.05, 0) is 157 Å². The van der Waals surface area contributed by atoms with Crippen LogP contribution in [0.4, 0.5) is 16.3 Å². The number of aryl methyl sites for hydroxylation is 5. The number of carbonyl (C=O) groups excluding carboxylic acids is 1. The lowest BCUT2D eigenvalue weighted by Crippen LogP contribution is -2.39. The predicted octanol–water partition coefficient (Wildman–Crippen LogP) is 9.90. The van der Waals surface area contributed by atoms with Gasteiger partial charge in [-0.2, -0.15) is 0 Å². The molecule has 3 aliphatic heterocycles. The van der Waals surface area contributed by atoms with Crippen LogP contribution in [0.5, 0.6) is 0 Å². The summed E-state index contributed by atoms with van der Waals surface area (Å²) in [6, 6.07) is 30.3. The van der Waals surface area contributed by atoms with Crippen molar-refractivity contribution >= 4 is 50.2 Å². The van der Waals surface area contributed by atoms with E-state index in [0.717, 1.165) is 109 Å². The van der Waals surface area contributed by atoms with Crippen LogP contribution in [0.1, 0.15) is 104 Å². The van der Waals surface area contributed by atoms with Crippen LogP contribution in [0.2, 0.25) is 0 Å². The number of urea groups is 1. The maximum atomic E-state index is 14.0. The minimum Gasteiger partial charge on any atom is -0.370 e. The molecule has 2 atom stereocenters. The molecule has 2 amide bonds. The van der Waals surface area contributed by atoms with Gasteiger partial charge in [0.1, 0.15) is 23.3 Å². The molecule has 3 aliphatic rings. The molecule has 0 saturated heterocycles. The van der Waals surface area contributed by atoms with E-state index < -0.39 is 6.03 Å². The first-order chi connectivity index (χ1) is 38.1. The fourth-order valence-corrected chi connectivity index (χ4v) is 12.1. The number of carbonyl (C=O) groups is 1. The first kappa shape index (κ1) is 51.5. The number of nitrogens with one attached hydrogen (secondary N) is 2. The van der Waals surface area contributed by atoms with Crippen molar-refractivity contribution in [2.24, 2.45) is 16.2 Å². The molecule has 6 aromatic heterocycles. The second-order valence-electron chi connectivity index (χ2n) is 23.8. The van der Waals surface area contributed by atoms with Gasteiger partial charge in [0, 0.05) is 68.9 Å². The molecule has 0 fully saturated rings. The number of hydrogen-bond donors (Lipinski definition) is 2. The molecule has 0 bridgehead atoms. The smallest absolute Gasteiger partial charge is 0.324 e. The average Bonchev–Trinajstić information content (AvgIpc) is 3.58. The highest BCUT2D eigenvalue weighted by atomic mass is 16.5. The van der Waals surface area contributed by atoms with Crippen molar-refractivity contribution in [2.75, 3.05) is 10.6 Å². The third kappa shape index (κ3) is 11.1. The Hall–Kier alpha value is -8.24. The summed E-state index contributed by atoms with van der Waals surface area (Å²) in [4.78, 5) is 82.3. The molecule has 0 aliphatic carbocycles. The Kier molecular flexibility index (Phi) is 13.6. The van der Waals surface area contributed by atoms with Gasteiger partial charge < -0.3 is 10.1 Å². The maximum absolute atomic E-state index is 14.0. The largest absolute Gasteiger partial charge is 0.370 e. The van der Waals surface area contributed by atoms with E-state index in [1.165, 1.54) is 5.56 Å². The SMILES string of the molecule is CC1(C)CCc2nc3cc(CCCc4ccc(CC5(C)CCc6nc7cc(COCc8ccc(CC9(C)CCc%10nc%11cc(NC(=O)Nc%12ccccn%12)ccc%11c(=O)n%10C9)cn8)ccc7c(=O)n6C5)cn4)ccc3c(=O)n2C1. The number of benzene rings is 3. The molecule has 0 radical (unpaired) electrons. The van der Waals surface area contributed by atoms with Crippen molar-refractivity contribution in [1.29, 1.82) is 0 Å². The van der Waals surface area contributed by atoms with Crippen LogP contribution in [0.15, 0.2) is 130 Å². The van der Waals surface area contributed by atoms with Gasteiger partial charge in [-0.3, -0.25) is 43.4 Å². The zero-order valence-electron chi connectivity index (χ0n) is 45.3. The van der Waals surface area contributed by atoms with Crippen LogP contribution < -0.4 is 27.3 Å². The van der Waals surface area contributed by atoms with Crippen molar-refractivity contribution in [3.63, 3.8) is 0 Å². The summed E-state index contributed by atoms with van der Waals surface area (Å²) in [5, 5.41) is 7.32. The van der Waals surface area contributed by atoms with Gasteiger partial charge in [0.15, 0.2) is 0 Å². The summed E-state index contributed by atoms with van der Waals surface area (Å²) in [5.41, 5.74) is 8.58. The van der Waals surface area contributed by atoms with E-state index >= 15 is 0 Å². The van der Waals surface area contributed by atoms with Crippen molar-refractivity contribution in [2.45, 2.75) is 131 Å². The molecular formula is C63H65N11O5. The Morgan fingerprint density at radius 1 is 0.544 bits per heavy atom. The van der Waals surface area contributed by atoms with Crippen molar-refractivity contribution in [1.82, 2.24) is 43.6 Å². The van der Waals surface area contributed by atoms with E-state index in [1.54, 1.807) is 47.2 Å². The molecule has 2 unspecified atom stereocenters. The fourth-order valence-electron chi connectivity index (χ4n) is 12.1. The van der Waals surface area contributed by atoms with E-state index in [-0.39, 0.29) is 32.9 Å². The quantitative estimate of drug-likeness (QED) is 0.105. The molecule has 0 saturated carbocycles. The van der Waals surface area contributed by atoms with Crippen molar-refractivity contribution in [3.8, 4) is 0 Å². The molecule has 0 spiro atoms. The Morgan fingerprint density at radius 3 is 1.68 bits per heavy atom. The van der Waals surface area contributed by atoms with Gasteiger partial charge in [-0.1, -0.05) is 58.0 Å². The normalized spacial score (nSPS) is 18.5. The van der Waals surface area contributed by atoms with E-state index in [2.05, 4.69) is 73.6 Å². The number of amides is 2. The lowest BCUT2D eigenvalue weighted by atomic mass is 9.77. The lowest BCUT2D eigenvalue weighted by Gasteiger charge is -2.35. The Balaban J connectivity index is 0.614. The third-order valence-corrected chi connectivity index (χ3v) is 16.4. The number of pyridine rings is 3. The average molecular weight is 1060 g/mol. The monoisotopic (exact) mass is 1060 g/mol. The van der Waals surface area contributed by atoms with E-state index in [9.17, 15) is 19.2 Å². The van der Waals surface area contributed by atoms with Crippen molar-refractivity contribution < 1.29 is 9.53 Å². The molecule has 2 N–H and O–H groups in total. The van der Waals surface area contributed by atoms with Crippen LogP contribution in [-0.4, -0.2) is 49.6 Å². The predicted molar refractivity (Wildman–Crippen MR) is 306 cm³/mol. The molecule has 3 aromatic carbocycles. The van der Waals surface area contributed by atoms with Gasteiger partial charge in [-0.25, -0.2) is 24.7 Å². The minimum atomic E-state index is -0.433. The Morgan fingerprint density at radius 2 is 1.09 bits per heavy atom. The van der Waals surface area contributed by atoms with Crippen molar-refractivity contribution in [3.05, 3.63) is 198 Å². The van der Waals surface area contributed by atoms with Gasteiger partial charge in [0.2, 0.25) is 0 Å². The zero-order chi connectivity index (χ0) is 54.5. The van der Waals surface area contributed by atoms with Crippen LogP contribution >= 0.6 is 0 Å². The molecule has 79 heavy (non-hydrogen) atoms. The van der Waals surface area contributed by atoms with Crippen LogP contribution in [0, 0.1) is 16.2 Å². The highest BCUT2D eigenvalue weighted by molar-refractivity contribution is 6.00. The molecule has 9 aromatic rings. The topological polar surface area (TPSA) is 194 Å². The maximum Gasteiger partial charge on any atom is 0.324 e. The second-order valence-corrected chi connectivity index (χ2v) is 23.8. The first-order valence-corrected chi connectivity index (χ1v) is 27.6. The second kappa shape index (κ2) is 20.9. The van der Waals surface area contributed by atoms with Gasteiger partial charge in [0.25, 0.3) is 16.7 Å². The molecule has 16 nitrogen and oxygen atoms in total. The van der Waals surface area contributed by atoms with Gasteiger partial charge >= 0.3 is 6.03 Å². The summed E-state index contributed by atoms with van der Waals surface area (Å²) >= 11 is 0. The van der Waals surface area contributed by atoms with Crippen LogP contribution in [0.25, 0.3) is 32.7 Å². The summed E-state index contributed by atoms with van der Waals surface area (Å²) in [6.07, 6.45) is 14.7. The lowest BCUT2D eigenvalue weighted by molar-refractivity contribution is 0.104. The highest BCUT2D eigenvalue weighted by Gasteiger charge is 2.34. The fraction of sp³-hybridized carbons (Fsp3) is 0.365. The highest BCUT2D eigenvalue weighted by Crippen LogP contribution is 2.36. The van der Waals surface area contributed by atoms with E-state index in [1.807, 2.05) is 51.9 Å². The summed E-state index contributed by atoms with van der Waals surface area (Å²) < 4.78 is 11.7. The third-order valence-electron chi connectivity index (χ3n) is 16.4. The minimum absolute atomic E-state index is 0.00841. The number of aromatic nitrogens is 9. The number of hydrogen-bond acceptors (Lipinski definition) is 11. The number of rotatable bonds is 14. The van der Waals surface area contributed by atoms with E-state index in [0.29, 0.717) is 84.4 Å². The summed E-state index contributed by atoms with van der Waals surface area (Å²) in [6.45, 7) is 11.4. The summed E-state index contributed by atoms with van der Waals surface area (Å²) in [7, 11) is 0. The number of nitrogens with zero attached hydrogens (tertiary/aromatic N) is 9. The standard InChI is InChI=1S/C63H65N11O5/c1-61(2)24-21-54-68-50-28-40(13-18-47(50)57(75)72(54)37-61)8-7-9-44-15-11-42(33-65-44)31-62(3)25-22-55-69-51-29-41(14-19-48(51)58(76)73(55)38-62)35-79-36-46-16-12-43(34-66-46)32-63(4)26-23-56-70-52-30-45(17-20-49(52)59(77)74(56)39-63)67-60(78)71-53-10-5-6-27-64-53/h5-6,10-20,27-30,33-34H,7-9,21-26,31-32,35-39H2,1-4H3,(H2,64,67,71,78). The number of anilines is 2. The number of fused-ring (bicyclic) bond motifs is 6. The van der Waals surface area contributed by atoms with Crippen LogP contribution in [-0.2, 0) is 82.5 Å². The molecule has 16 heteroatoms. The van der Waals surface area contributed by atoms with Crippen LogP contribution in [0.3, 0.4) is 0 Å². The van der Waals surface area contributed by atoms with Gasteiger partial charge in [-0.15, -0.1) is 0 Å². The molecular weight excluding hydrogens is 991 g/mol. The summed E-state index contributed by atoms with van der Waals surface area (Å²) in [5.74, 6) is 2.89. The number of ether oxygens (including phenoxy) is 1. The Bertz CT molecular complexity index is 4010. The molecule has 12 rings (SSSR count). The Labute approximate surface area is 457 Å². The first-order valence-electron chi connectivity index (χ1n) is 27.6. The molecule has 9 heterocycles. The van der Waals surface area contributed by atoms with Gasteiger partial charge in [0.05, 0.1) is 51.6 Å². The zero-order valence-corrected chi connectivity index (χ0v) is 45.3. The molecule has 402 valence electrons. The van der Waals surface area contributed by atoms with E-state index in [4.69, 9.17) is 29.7 Å².